The van der Waals surface area contributed by atoms with Crippen LogP contribution in [0.1, 0.15) is 32.1 Å². The molecule has 4 heteroatoms. The molecule has 0 saturated heterocycles. The number of carbonyl (C=O) groups excluding carboxylic acids is 1. The van der Waals surface area contributed by atoms with Gasteiger partial charge in [0.15, 0.2) is 0 Å². The van der Waals surface area contributed by atoms with Crippen molar-refractivity contribution >= 4 is 23.4 Å². The molecule has 0 heterocycles. The van der Waals surface area contributed by atoms with E-state index in [1.807, 2.05) is 30.5 Å². The van der Waals surface area contributed by atoms with Gasteiger partial charge in [-0.1, -0.05) is 18.9 Å². The number of hydrogen-bond acceptors (Lipinski definition) is 3. The zero-order chi connectivity index (χ0) is 13.0. The van der Waals surface area contributed by atoms with Gasteiger partial charge in [-0.3, -0.25) is 4.79 Å². The van der Waals surface area contributed by atoms with Gasteiger partial charge in [-0.25, -0.2) is 0 Å². The van der Waals surface area contributed by atoms with Crippen LogP contribution in [0.3, 0.4) is 0 Å². The highest BCUT2D eigenvalue weighted by atomic mass is 32.2. The number of amides is 1. The van der Waals surface area contributed by atoms with Crippen molar-refractivity contribution in [1.29, 1.82) is 0 Å². The lowest BCUT2D eigenvalue weighted by Gasteiger charge is -2.21. The molecule has 0 atom stereocenters. The molecule has 1 aromatic rings. The van der Waals surface area contributed by atoms with Gasteiger partial charge >= 0.3 is 0 Å². The molecule has 0 bridgehead atoms. The van der Waals surface area contributed by atoms with Crippen molar-refractivity contribution in [3.8, 4) is 0 Å². The molecule has 2 rings (SSSR count). The van der Waals surface area contributed by atoms with Gasteiger partial charge < -0.3 is 10.4 Å². The van der Waals surface area contributed by atoms with E-state index in [0.717, 1.165) is 36.3 Å². The Kier molecular flexibility index (Phi) is 4.30. The first-order valence-corrected chi connectivity index (χ1v) is 7.50. The Morgan fingerprint density at radius 2 is 2.17 bits per heavy atom. The molecule has 1 fully saturated rings. The third-order valence-corrected chi connectivity index (χ3v) is 4.10. The molecule has 0 aliphatic heterocycles. The lowest BCUT2D eigenvalue weighted by molar-refractivity contribution is -0.120. The first-order chi connectivity index (χ1) is 8.61. The highest BCUT2D eigenvalue weighted by Crippen LogP contribution is 2.32. The highest BCUT2D eigenvalue weighted by molar-refractivity contribution is 7.98. The predicted octanol–water partition coefficient (Wildman–Crippen LogP) is 3.04. The Hall–Kier alpha value is -1.00. The van der Waals surface area contributed by atoms with Gasteiger partial charge in [0, 0.05) is 10.6 Å². The smallest absolute Gasteiger partial charge is 0.227 e. The van der Waals surface area contributed by atoms with Crippen molar-refractivity contribution in [1.82, 2.24) is 0 Å². The Labute approximate surface area is 112 Å². The summed E-state index contributed by atoms with van der Waals surface area (Å²) in [6.07, 6.45) is 5.73. The number of rotatable bonds is 4. The van der Waals surface area contributed by atoms with E-state index in [1.54, 1.807) is 11.8 Å². The summed E-state index contributed by atoms with van der Waals surface area (Å²) in [4.78, 5) is 13.0. The number of hydrogen-bond donors (Lipinski definition) is 2. The first-order valence-electron chi connectivity index (χ1n) is 6.28. The van der Waals surface area contributed by atoms with Crippen molar-refractivity contribution in [2.45, 2.75) is 42.6 Å². The topological polar surface area (TPSA) is 49.3 Å². The van der Waals surface area contributed by atoms with Gasteiger partial charge in [0.1, 0.15) is 0 Å². The summed E-state index contributed by atoms with van der Waals surface area (Å²) < 4.78 is 0. The third kappa shape index (κ3) is 3.50. The van der Waals surface area contributed by atoms with Gasteiger partial charge in [-0.15, -0.1) is 11.8 Å². The minimum absolute atomic E-state index is 0.0994. The van der Waals surface area contributed by atoms with Gasteiger partial charge in [0.05, 0.1) is 12.0 Å². The van der Waals surface area contributed by atoms with Crippen LogP contribution in [-0.2, 0) is 4.79 Å². The number of anilines is 1. The molecule has 18 heavy (non-hydrogen) atoms. The molecule has 0 unspecified atom stereocenters. The maximum atomic E-state index is 11.9. The zero-order valence-corrected chi connectivity index (χ0v) is 11.4. The quantitative estimate of drug-likeness (QED) is 0.823. The summed E-state index contributed by atoms with van der Waals surface area (Å²) in [5.41, 5.74) is 0.0229. The van der Waals surface area contributed by atoms with Crippen LogP contribution in [0.2, 0.25) is 0 Å². The molecule has 1 aliphatic rings. The summed E-state index contributed by atoms with van der Waals surface area (Å²) in [6.45, 7) is 0. The van der Waals surface area contributed by atoms with Crippen LogP contribution < -0.4 is 5.32 Å². The van der Waals surface area contributed by atoms with Gasteiger partial charge in [-0.05, 0) is 37.3 Å². The SMILES string of the molecule is CSc1cccc(NC(=O)CC2(O)CCCC2)c1. The lowest BCUT2D eigenvalue weighted by atomic mass is 9.97. The zero-order valence-electron chi connectivity index (χ0n) is 10.6. The molecule has 0 aromatic heterocycles. The van der Waals surface area contributed by atoms with Crippen LogP contribution in [0.15, 0.2) is 29.2 Å². The lowest BCUT2D eigenvalue weighted by Crippen LogP contribution is -2.30. The van der Waals surface area contributed by atoms with Gasteiger partial charge in [-0.2, -0.15) is 0 Å². The van der Waals surface area contributed by atoms with Crippen molar-refractivity contribution in [3.63, 3.8) is 0 Å². The molecule has 1 aromatic carbocycles. The van der Waals surface area contributed by atoms with Gasteiger partial charge in [0.25, 0.3) is 0 Å². The highest BCUT2D eigenvalue weighted by Gasteiger charge is 2.33. The van der Waals surface area contributed by atoms with E-state index >= 15 is 0 Å². The van der Waals surface area contributed by atoms with E-state index in [2.05, 4.69) is 5.32 Å². The van der Waals surface area contributed by atoms with Crippen LogP contribution >= 0.6 is 11.8 Å². The van der Waals surface area contributed by atoms with E-state index in [0.29, 0.717) is 0 Å². The molecule has 1 saturated carbocycles. The first kappa shape index (κ1) is 13.4. The molecule has 2 N–H and O–H groups in total. The maximum absolute atomic E-state index is 11.9. The van der Waals surface area contributed by atoms with Gasteiger partial charge in [0.2, 0.25) is 5.91 Å². The average Bonchev–Trinajstić information content (AvgIpc) is 2.75. The van der Waals surface area contributed by atoms with Crippen molar-refractivity contribution in [2.75, 3.05) is 11.6 Å². The van der Waals surface area contributed by atoms with E-state index in [9.17, 15) is 9.90 Å². The summed E-state index contributed by atoms with van der Waals surface area (Å²) in [5.74, 6) is -0.0994. The Morgan fingerprint density at radius 3 is 2.83 bits per heavy atom. The number of carbonyl (C=O) groups is 1. The standard InChI is InChI=1S/C14H19NO2S/c1-18-12-6-4-5-11(9-12)15-13(16)10-14(17)7-2-3-8-14/h4-6,9,17H,2-3,7-8,10H2,1H3,(H,15,16). The summed E-state index contributed by atoms with van der Waals surface area (Å²) in [6, 6.07) is 7.74. The summed E-state index contributed by atoms with van der Waals surface area (Å²) >= 11 is 1.64. The monoisotopic (exact) mass is 265 g/mol. The molecular formula is C14H19NO2S. The average molecular weight is 265 g/mol. The molecule has 0 radical (unpaired) electrons. The predicted molar refractivity (Wildman–Crippen MR) is 74.9 cm³/mol. The second kappa shape index (κ2) is 5.76. The Bertz CT molecular complexity index is 428. The molecule has 3 nitrogen and oxygen atoms in total. The fourth-order valence-electron chi connectivity index (χ4n) is 2.41. The normalized spacial score (nSPS) is 17.7. The Balaban J connectivity index is 1.94. The Morgan fingerprint density at radius 1 is 1.44 bits per heavy atom. The van der Waals surface area contributed by atoms with E-state index in [-0.39, 0.29) is 12.3 Å². The van der Waals surface area contributed by atoms with Crippen molar-refractivity contribution in [3.05, 3.63) is 24.3 Å². The largest absolute Gasteiger partial charge is 0.389 e. The third-order valence-electron chi connectivity index (χ3n) is 3.38. The van der Waals surface area contributed by atoms with Crippen LogP contribution in [0.25, 0.3) is 0 Å². The minimum atomic E-state index is -0.777. The summed E-state index contributed by atoms with van der Waals surface area (Å²) in [7, 11) is 0. The molecule has 0 spiro atoms. The van der Waals surface area contributed by atoms with Crippen LogP contribution in [0, 0.1) is 0 Å². The fourth-order valence-corrected chi connectivity index (χ4v) is 2.87. The van der Waals surface area contributed by atoms with E-state index in [4.69, 9.17) is 0 Å². The van der Waals surface area contributed by atoms with E-state index < -0.39 is 5.60 Å². The van der Waals surface area contributed by atoms with Crippen molar-refractivity contribution < 1.29 is 9.90 Å². The van der Waals surface area contributed by atoms with Crippen molar-refractivity contribution in [2.24, 2.45) is 0 Å². The maximum Gasteiger partial charge on any atom is 0.227 e. The van der Waals surface area contributed by atoms with Crippen LogP contribution in [0.5, 0.6) is 0 Å². The van der Waals surface area contributed by atoms with Crippen LogP contribution in [0.4, 0.5) is 5.69 Å². The van der Waals surface area contributed by atoms with Crippen LogP contribution in [-0.4, -0.2) is 22.9 Å². The second-order valence-corrected chi connectivity index (χ2v) is 5.77. The number of aliphatic hydroxyl groups is 1. The molecule has 1 amide bonds. The molecular weight excluding hydrogens is 246 g/mol. The fraction of sp³-hybridized carbons (Fsp3) is 0.500. The molecule has 98 valence electrons. The van der Waals surface area contributed by atoms with E-state index in [1.165, 1.54) is 0 Å². The number of benzene rings is 1. The number of nitrogens with one attached hydrogen (secondary N) is 1. The summed E-state index contributed by atoms with van der Waals surface area (Å²) in [5, 5.41) is 13.0. The second-order valence-electron chi connectivity index (χ2n) is 4.89. The molecule has 1 aliphatic carbocycles. The minimum Gasteiger partial charge on any atom is -0.389 e. The number of thioether (sulfide) groups is 1.